The molecular formula is C22H22N2O2. The smallest absolute Gasteiger partial charge is 0.254 e. The van der Waals surface area contributed by atoms with Crippen molar-refractivity contribution in [3.8, 4) is 5.75 Å². The number of benzene rings is 2. The number of hydrogen-bond acceptors (Lipinski definition) is 3. The van der Waals surface area contributed by atoms with Gasteiger partial charge in [-0.2, -0.15) is 0 Å². The van der Waals surface area contributed by atoms with E-state index in [9.17, 15) is 4.79 Å². The topological polar surface area (TPSA) is 42.4 Å². The summed E-state index contributed by atoms with van der Waals surface area (Å²) in [6.07, 6.45) is 1.04. The second kappa shape index (κ2) is 6.79. The second-order valence-corrected chi connectivity index (χ2v) is 6.78. The highest BCUT2D eigenvalue weighted by atomic mass is 16.5. The molecule has 1 aliphatic rings. The molecule has 4 nitrogen and oxygen atoms in total. The van der Waals surface area contributed by atoms with E-state index in [1.54, 1.807) is 0 Å². The molecule has 4 heteroatoms. The number of nitrogens with zero attached hydrogens (tertiary/aromatic N) is 2. The van der Waals surface area contributed by atoms with Gasteiger partial charge in [0.25, 0.3) is 5.91 Å². The van der Waals surface area contributed by atoms with Crippen LogP contribution < -0.4 is 4.74 Å². The van der Waals surface area contributed by atoms with Crippen LogP contribution in [0.2, 0.25) is 0 Å². The van der Waals surface area contributed by atoms with Crippen molar-refractivity contribution in [3.63, 3.8) is 0 Å². The number of aryl methyl sites for hydroxylation is 2. The lowest BCUT2D eigenvalue weighted by Gasteiger charge is -2.39. The molecule has 4 rings (SSSR count). The van der Waals surface area contributed by atoms with E-state index in [1.165, 1.54) is 5.56 Å². The Kier molecular flexibility index (Phi) is 4.33. The average Bonchev–Trinajstić information content (AvgIpc) is 2.63. The third-order valence-electron chi connectivity index (χ3n) is 4.82. The molecule has 0 unspecified atom stereocenters. The van der Waals surface area contributed by atoms with Gasteiger partial charge in [0.05, 0.1) is 24.2 Å². The van der Waals surface area contributed by atoms with Crippen LogP contribution in [0, 0.1) is 6.92 Å². The van der Waals surface area contributed by atoms with E-state index in [0.717, 1.165) is 34.3 Å². The highest BCUT2D eigenvalue weighted by Crippen LogP contribution is 2.24. The molecule has 0 N–H and O–H groups in total. The Morgan fingerprint density at radius 2 is 1.96 bits per heavy atom. The van der Waals surface area contributed by atoms with Gasteiger partial charge in [0.15, 0.2) is 0 Å². The first-order valence-electron chi connectivity index (χ1n) is 9.05. The van der Waals surface area contributed by atoms with Crippen molar-refractivity contribution in [2.24, 2.45) is 0 Å². The molecule has 26 heavy (non-hydrogen) atoms. The summed E-state index contributed by atoms with van der Waals surface area (Å²) in [5, 5.41) is 0.906. The predicted octanol–water partition coefficient (Wildman–Crippen LogP) is 4.01. The molecule has 0 saturated carbocycles. The van der Waals surface area contributed by atoms with Crippen LogP contribution >= 0.6 is 0 Å². The van der Waals surface area contributed by atoms with Gasteiger partial charge < -0.3 is 9.64 Å². The number of aromatic nitrogens is 1. The lowest BCUT2D eigenvalue weighted by molar-refractivity contribution is 0.0179. The van der Waals surface area contributed by atoms with Gasteiger partial charge in [-0.05, 0) is 43.2 Å². The molecule has 1 fully saturated rings. The molecular weight excluding hydrogens is 324 g/mol. The molecule has 3 aromatic rings. The molecule has 2 heterocycles. The minimum absolute atomic E-state index is 0.0499. The van der Waals surface area contributed by atoms with Gasteiger partial charge in [-0.1, -0.05) is 37.3 Å². The lowest BCUT2D eigenvalue weighted by atomic mass is 10.0. The van der Waals surface area contributed by atoms with Crippen molar-refractivity contribution >= 4 is 16.8 Å². The normalized spacial score (nSPS) is 14.3. The van der Waals surface area contributed by atoms with Crippen molar-refractivity contribution in [1.82, 2.24) is 9.88 Å². The van der Waals surface area contributed by atoms with Crippen LogP contribution in [-0.2, 0) is 6.42 Å². The van der Waals surface area contributed by atoms with E-state index < -0.39 is 0 Å². The van der Waals surface area contributed by atoms with E-state index in [-0.39, 0.29) is 12.0 Å². The van der Waals surface area contributed by atoms with Gasteiger partial charge in [-0.15, -0.1) is 0 Å². The first-order chi connectivity index (χ1) is 12.6. The number of likely N-dealkylation sites (tertiary alicyclic amines) is 1. The quantitative estimate of drug-likeness (QED) is 0.717. The SMILES string of the molecule is CCc1cccc(OC2CN(C(=O)c3cc(C)nc4ccccc34)C2)c1. The van der Waals surface area contributed by atoms with E-state index in [2.05, 4.69) is 24.0 Å². The summed E-state index contributed by atoms with van der Waals surface area (Å²) in [5.74, 6) is 0.931. The maximum Gasteiger partial charge on any atom is 0.254 e. The maximum absolute atomic E-state index is 12.9. The fraction of sp³-hybridized carbons (Fsp3) is 0.273. The highest BCUT2D eigenvalue weighted by Gasteiger charge is 2.33. The largest absolute Gasteiger partial charge is 0.487 e. The van der Waals surface area contributed by atoms with Crippen molar-refractivity contribution in [3.05, 3.63) is 71.4 Å². The van der Waals surface area contributed by atoms with E-state index in [1.807, 2.05) is 54.3 Å². The van der Waals surface area contributed by atoms with Gasteiger partial charge >= 0.3 is 0 Å². The number of hydrogen-bond donors (Lipinski definition) is 0. The molecule has 1 amide bonds. The molecule has 0 aliphatic carbocycles. The van der Waals surface area contributed by atoms with Gasteiger partial charge in [0.2, 0.25) is 0 Å². The van der Waals surface area contributed by atoms with Crippen LogP contribution in [0.4, 0.5) is 0 Å². The minimum Gasteiger partial charge on any atom is -0.487 e. The Morgan fingerprint density at radius 1 is 1.15 bits per heavy atom. The predicted molar refractivity (Wildman–Crippen MR) is 103 cm³/mol. The Labute approximate surface area is 153 Å². The molecule has 2 aromatic carbocycles. The minimum atomic E-state index is 0.0499. The number of para-hydroxylation sites is 1. The Bertz CT molecular complexity index is 961. The zero-order chi connectivity index (χ0) is 18.1. The third-order valence-corrected chi connectivity index (χ3v) is 4.82. The molecule has 0 atom stereocenters. The van der Waals surface area contributed by atoms with Gasteiger partial charge in [-0.25, -0.2) is 0 Å². The van der Waals surface area contributed by atoms with Gasteiger partial charge in [0, 0.05) is 11.1 Å². The molecule has 132 valence electrons. The lowest BCUT2D eigenvalue weighted by Crippen LogP contribution is -2.56. The zero-order valence-corrected chi connectivity index (χ0v) is 15.1. The number of fused-ring (bicyclic) bond motifs is 1. The van der Waals surface area contributed by atoms with Crippen LogP contribution in [0.3, 0.4) is 0 Å². The average molecular weight is 346 g/mol. The summed E-state index contributed by atoms with van der Waals surface area (Å²) in [6.45, 7) is 5.28. The number of carbonyl (C=O) groups is 1. The Hall–Kier alpha value is -2.88. The summed E-state index contributed by atoms with van der Waals surface area (Å²) < 4.78 is 6.01. The van der Waals surface area contributed by atoms with Gasteiger partial charge in [0.1, 0.15) is 11.9 Å². The number of amides is 1. The summed E-state index contributed by atoms with van der Waals surface area (Å²) in [6, 6.07) is 17.8. The number of rotatable bonds is 4. The summed E-state index contributed by atoms with van der Waals surface area (Å²) >= 11 is 0. The molecule has 1 aliphatic heterocycles. The fourth-order valence-electron chi connectivity index (χ4n) is 3.36. The number of carbonyl (C=O) groups excluding carboxylic acids is 1. The van der Waals surface area contributed by atoms with E-state index in [4.69, 9.17) is 4.74 Å². The Morgan fingerprint density at radius 3 is 2.77 bits per heavy atom. The van der Waals surface area contributed by atoms with Crippen LogP contribution in [0.1, 0.15) is 28.5 Å². The maximum atomic E-state index is 12.9. The summed E-state index contributed by atoms with van der Waals surface area (Å²) in [7, 11) is 0. The summed E-state index contributed by atoms with van der Waals surface area (Å²) in [4.78, 5) is 19.3. The van der Waals surface area contributed by atoms with Crippen molar-refractivity contribution < 1.29 is 9.53 Å². The van der Waals surface area contributed by atoms with E-state index >= 15 is 0 Å². The fourth-order valence-corrected chi connectivity index (χ4v) is 3.36. The van der Waals surface area contributed by atoms with Crippen LogP contribution in [0.25, 0.3) is 10.9 Å². The van der Waals surface area contributed by atoms with Crippen LogP contribution in [0.5, 0.6) is 5.75 Å². The molecule has 0 radical (unpaired) electrons. The molecule has 1 aromatic heterocycles. The number of pyridine rings is 1. The monoisotopic (exact) mass is 346 g/mol. The zero-order valence-electron chi connectivity index (χ0n) is 15.1. The second-order valence-electron chi connectivity index (χ2n) is 6.78. The molecule has 0 spiro atoms. The molecule has 0 bridgehead atoms. The third kappa shape index (κ3) is 3.15. The van der Waals surface area contributed by atoms with Crippen molar-refractivity contribution in [1.29, 1.82) is 0 Å². The Balaban J connectivity index is 1.47. The van der Waals surface area contributed by atoms with Crippen molar-refractivity contribution in [2.75, 3.05) is 13.1 Å². The first-order valence-corrected chi connectivity index (χ1v) is 9.05. The van der Waals surface area contributed by atoms with Crippen molar-refractivity contribution in [2.45, 2.75) is 26.4 Å². The summed E-state index contributed by atoms with van der Waals surface area (Å²) in [5.41, 5.74) is 3.70. The number of ether oxygens (including phenoxy) is 1. The van der Waals surface area contributed by atoms with Crippen LogP contribution in [0.15, 0.2) is 54.6 Å². The van der Waals surface area contributed by atoms with Crippen LogP contribution in [-0.4, -0.2) is 35.0 Å². The first kappa shape index (κ1) is 16.6. The molecule has 1 saturated heterocycles. The van der Waals surface area contributed by atoms with E-state index in [0.29, 0.717) is 13.1 Å². The standard InChI is InChI=1S/C22H22N2O2/c1-3-16-7-6-8-17(12-16)26-18-13-24(14-18)22(25)20-11-15(2)23-21-10-5-4-9-19(20)21/h4-12,18H,3,13-14H2,1-2H3. The van der Waals surface area contributed by atoms with Gasteiger partial charge in [-0.3, -0.25) is 9.78 Å². The highest BCUT2D eigenvalue weighted by molar-refractivity contribution is 6.06.